The standard InChI is InChI=1S/C11H20O2Si/c1-11(2,3)8-6-9(12)10(7-8)13-14(4)5/h7-8,14H,6H2,1-5H3/t8-/m1/s1. The first kappa shape index (κ1) is 11.5. The van der Waals surface area contributed by atoms with E-state index in [-0.39, 0.29) is 11.2 Å². The molecule has 0 fully saturated rings. The fourth-order valence-corrected chi connectivity index (χ4v) is 2.27. The average Bonchev–Trinajstić information content (AvgIpc) is 2.30. The summed E-state index contributed by atoms with van der Waals surface area (Å²) in [6, 6.07) is 0. The topological polar surface area (TPSA) is 26.3 Å². The first-order valence-corrected chi connectivity index (χ1v) is 8.00. The second kappa shape index (κ2) is 3.89. The number of Topliss-reactive ketones (excluding diaryl/α,β-unsaturated/α-hetero) is 1. The van der Waals surface area contributed by atoms with Crippen molar-refractivity contribution in [3.05, 3.63) is 11.8 Å². The van der Waals surface area contributed by atoms with Gasteiger partial charge in [0.25, 0.3) is 0 Å². The van der Waals surface area contributed by atoms with Crippen molar-refractivity contribution in [2.75, 3.05) is 0 Å². The fraction of sp³-hybridized carbons (Fsp3) is 0.727. The van der Waals surface area contributed by atoms with E-state index in [0.29, 0.717) is 18.1 Å². The summed E-state index contributed by atoms with van der Waals surface area (Å²) in [5.74, 6) is 1.16. The number of rotatable bonds is 2. The van der Waals surface area contributed by atoms with Gasteiger partial charge in [-0.15, -0.1) is 0 Å². The summed E-state index contributed by atoms with van der Waals surface area (Å²) in [5.41, 5.74) is 0.166. The van der Waals surface area contributed by atoms with Gasteiger partial charge < -0.3 is 4.43 Å². The van der Waals surface area contributed by atoms with E-state index in [1.807, 2.05) is 6.08 Å². The third kappa shape index (κ3) is 2.71. The van der Waals surface area contributed by atoms with Gasteiger partial charge in [-0.3, -0.25) is 4.79 Å². The largest absolute Gasteiger partial charge is 0.545 e. The zero-order valence-electron chi connectivity index (χ0n) is 9.76. The van der Waals surface area contributed by atoms with Gasteiger partial charge in [-0.05, 0) is 30.5 Å². The first-order valence-electron chi connectivity index (χ1n) is 5.22. The van der Waals surface area contributed by atoms with Gasteiger partial charge in [-0.1, -0.05) is 20.8 Å². The summed E-state index contributed by atoms with van der Waals surface area (Å²) in [4.78, 5) is 11.6. The molecule has 0 aromatic heterocycles. The monoisotopic (exact) mass is 212 g/mol. The molecule has 0 aliphatic heterocycles. The van der Waals surface area contributed by atoms with Crippen molar-refractivity contribution >= 4 is 14.8 Å². The molecular weight excluding hydrogens is 192 g/mol. The van der Waals surface area contributed by atoms with Crippen LogP contribution in [0.3, 0.4) is 0 Å². The highest BCUT2D eigenvalue weighted by Crippen LogP contribution is 2.36. The van der Waals surface area contributed by atoms with Gasteiger partial charge in [0.1, 0.15) is 5.76 Å². The number of hydrogen-bond acceptors (Lipinski definition) is 2. The van der Waals surface area contributed by atoms with Crippen LogP contribution in [0, 0.1) is 11.3 Å². The Kier molecular flexibility index (Phi) is 3.19. The third-order valence-electron chi connectivity index (χ3n) is 2.51. The Bertz CT molecular complexity index is 261. The van der Waals surface area contributed by atoms with Gasteiger partial charge in [0.2, 0.25) is 9.04 Å². The van der Waals surface area contributed by atoms with E-state index in [0.717, 1.165) is 0 Å². The Morgan fingerprint density at radius 1 is 1.43 bits per heavy atom. The van der Waals surface area contributed by atoms with Crippen LogP contribution in [0.4, 0.5) is 0 Å². The molecule has 0 spiro atoms. The van der Waals surface area contributed by atoms with Crippen molar-refractivity contribution in [2.24, 2.45) is 11.3 Å². The number of carbonyl (C=O) groups is 1. The van der Waals surface area contributed by atoms with Crippen LogP contribution < -0.4 is 0 Å². The van der Waals surface area contributed by atoms with Crippen LogP contribution in [0.15, 0.2) is 11.8 Å². The highest BCUT2D eigenvalue weighted by atomic mass is 28.3. The van der Waals surface area contributed by atoms with E-state index in [9.17, 15) is 4.79 Å². The molecule has 1 aliphatic rings. The molecule has 80 valence electrons. The Morgan fingerprint density at radius 3 is 2.36 bits per heavy atom. The summed E-state index contributed by atoms with van der Waals surface area (Å²) in [7, 11) is -1.13. The van der Waals surface area contributed by atoms with Crippen LogP contribution in [0.5, 0.6) is 0 Å². The molecule has 0 heterocycles. The Morgan fingerprint density at radius 2 is 2.00 bits per heavy atom. The lowest BCUT2D eigenvalue weighted by molar-refractivity contribution is -0.117. The maximum atomic E-state index is 11.6. The fourth-order valence-electron chi connectivity index (χ4n) is 1.55. The minimum absolute atomic E-state index is 0.166. The van der Waals surface area contributed by atoms with Crippen LogP contribution in [0.1, 0.15) is 27.2 Å². The molecule has 2 nitrogen and oxygen atoms in total. The molecule has 0 unspecified atom stereocenters. The van der Waals surface area contributed by atoms with E-state index in [2.05, 4.69) is 33.9 Å². The lowest BCUT2D eigenvalue weighted by Crippen LogP contribution is -2.17. The van der Waals surface area contributed by atoms with E-state index in [4.69, 9.17) is 4.43 Å². The molecule has 1 atom stereocenters. The molecule has 1 aliphatic carbocycles. The lowest BCUT2D eigenvalue weighted by atomic mass is 9.80. The van der Waals surface area contributed by atoms with E-state index in [1.165, 1.54) is 0 Å². The van der Waals surface area contributed by atoms with Gasteiger partial charge in [0.05, 0.1) is 0 Å². The van der Waals surface area contributed by atoms with Gasteiger partial charge in [-0.2, -0.15) is 0 Å². The van der Waals surface area contributed by atoms with Crippen LogP contribution >= 0.6 is 0 Å². The van der Waals surface area contributed by atoms with Crippen molar-refractivity contribution < 1.29 is 9.22 Å². The normalized spacial score (nSPS) is 22.9. The SMILES string of the molecule is C[SiH](C)OC1=C[C@H](C(C)(C)C)CC1=O. The molecule has 0 aromatic rings. The predicted octanol–water partition coefficient (Wildman–Crippen LogP) is 2.51. The lowest BCUT2D eigenvalue weighted by Gasteiger charge is -2.23. The van der Waals surface area contributed by atoms with Crippen molar-refractivity contribution in [2.45, 2.75) is 40.3 Å². The molecule has 0 saturated carbocycles. The summed E-state index contributed by atoms with van der Waals surface area (Å²) >= 11 is 0. The zero-order chi connectivity index (χ0) is 10.9. The van der Waals surface area contributed by atoms with Crippen molar-refractivity contribution in [1.82, 2.24) is 0 Å². The number of allylic oxidation sites excluding steroid dienone is 2. The Hall–Kier alpha value is -0.573. The maximum Gasteiger partial charge on any atom is 0.229 e. The van der Waals surface area contributed by atoms with Gasteiger partial charge >= 0.3 is 0 Å². The van der Waals surface area contributed by atoms with Crippen LogP contribution in [-0.2, 0) is 9.22 Å². The third-order valence-corrected chi connectivity index (χ3v) is 3.23. The molecule has 0 amide bonds. The molecular formula is C11H20O2Si. The van der Waals surface area contributed by atoms with Crippen LogP contribution in [0.2, 0.25) is 13.1 Å². The molecule has 14 heavy (non-hydrogen) atoms. The molecule has 0 N–H and O–H groups in total. The number of carbonyl (C=O) groups excluding carboxylic acids is 1. The first-order chi connectivity index (χ1) is 6.30. The Labute approximate surface area is 88.1 Å². The summed E-state index contributed by atoms with van der Waals surface area (Å²) in [5, 5.41) is 0. The smallest absolute Gasteiger partial charge is 0.229 e. The zero-order valence-corrected chi connectivity index (χ0v) is 10.9. The predicted molar refractivity (Wildman–Crippen MR) is 60.6 cm³/mol. The minimum Gasteiger partial charge on any atom is -0.545 e. The second-order valence-corrected chi connectivity index (χ2v) is 7.63. The molecule has 0 aromatic carbocycles. The second-order valence-electron chi connectivity index (χ2n) is 5.30. The van der Waals surface area contributed by atoms with Gasteiger partial charge in [-0.25, -0.2) is 0 Å². The van der Waals surface area contributed by atoms with E-state index < -0.39 is 9.04 Å². The highest BCUT2D eigenvalue weighted by Gasteiger charge is 2.33. The Balaban J connectivity index is 2.73. The number of hydrogen-bond donors (Lipinski definition) is 0. The summed E-state index contributed by atoms with van der Waals surface area (Å²) in [6.45, 7) is 10.7. The van der Waals surface area contributed by atoms with Crippen molar-refractivity contribution in [3.63, 3.8) is 0 Å². The summed E-state index contributed by atoms with van der Waals surface area (Å²) < 4.78 is 5.60. The molecule has 1 rings (SSSR count). The van der Waals surface area contributed by atoms with Gasteiger partial charge in [0, 0.05) is 6.42 Å². The maximum absolute atomic E-state index is 11.6. The van der Waals surface area contributed by atoms with Crippen LogP contribution in [0.25, 0.3) is 0 Å². The van der Waals surface area contributed by atoms with Crippen molar-refractivity contribution in [1.29, 1.82) is 0 Å². The highest BCUT2D eigenvalue weighted by molar-refractivity contribution is 6.49. The number of ketones is 1. The van der Waals surface area contributed by atoms with Crippen LogP contribution in [-0.4, -0.2) is 14.8 Å². The molecule has 0 bridgehead atoms. The van der Waals surface area contributed by atoms with E-state index in [1.54, 1.807) is 0 Å². The summed E-state index contributed by atoms with van der Waals surface area (Å²) in [6.07, 6.45) is 2.65. The molecule has 0 radical (unpaired) electrons. The average molecular weight is 212 g/mol. The molecule has 3 heteroatoms. The minimum atomic E-state index is -1.13. The van der Waals surface area contributed by atoms with Crippen molar-refractivity contribution in [3.8, 4) is 0 Å². The quantitative estimate of drug-likeness (QED) is 0.657. The molecule has 0 saturated heterocycles. The van der Waals surface area contributed by atoms with Gasteiger partial charge in [0.15, 0.2) is 5.78 Å². The van der Waals surface area contributed by atoms with E-state index >= 15 is 0 Å².